The van der Waals surface area contributed by atoms with Gasteiger partial charge in [-0.1, -0.05) is 6.08 Å². The van der Waals surface area contributed by atoms with Crippen LogP contribution in [0.3, 0.4) is 0 Å². The van der Waals surface area contributed by atoms with Gasteiger partial charge in [-0.3, -0.25) is 9.59 Å². The van der Waals surface area contributed by atoms with Crippen molar-refractivity contribution in [2.24, 2.45) is 7.05 Å². The number of likely N-dealkylation sites (tertiary alicyclic amines) is 1. The van der Waals surface area contributed by atoms with E-state index in [2.05, 4.69) is 11.9 Å². The highest BCUT2D eigenvalue weighted by Crippen LogP contribution is 2.20. The molecule has 5 nitrogen and oxygen atoms in total. The van der Waals surface area contributed by atoms with Crippen LogP contribution in [0, 0.1) is 0 Å². The third-order valence-electron chi connectivity index (χ3n) is 3.40. The van der Waals surface area contributed by atoms with Gasteiger partial charge in [0, 0.05) is 26.3 Å². The van der Waals surface area contributed by atoms with E-state index in [1.807, 2.05) is 19.3 Å². The molecule has 1 N–H and O–H groups in total. The average Bonchev–Trinajstić information content (AvgIpc) is 3.03. The zero-order chi connectivity index (χ0) is 13.8. The Morgan fingerprint density at radius 2 is 2.37 bits per heavy atom. The first-order valence-electron chi connectivity index (χ1n) is 6.46. The van der Waals surface area contributed by atoms with Crippen LogP contribution in [0.15, 0.2) is 31.0 Å². The standard InChI is InChI=1S/C14H19N3O2/c1-3-8-15-13(18)11-6-5-10-17(11)14(19)12-7-4-9-16(12)2/h3-4,7,9,11H,1,5-6,8,10H2,2H3,(H,15,18). The maximum atomic E-state index is 12.4. The van der Waals surface area contributed by atoms with Crippen molar-refractivity contribution in [1.29, 1.82) is 0 Å². The number of amides is 2. The zero-order valence-electron chi connectivity index (χ0n) is 11.1. The first kappa shape index (κ1) is 13.4. The minimum Gasteiger partial charge on any atom is -0.351 e. The highest BCUT2D eigenvalue weighted by Gasteiger charge is 2.34. The van der Waals surface area contributed by atoms with Gasteiger partial charge in [-0.15, -0.1) is 6.58 Å². The molecule has 1 aliphatic rings. The fraction of sp³-hybridized carbons (Fsp3) is 0.429. The van der Waals surface area contributed by atoms with Gasteiger partial charge in [0.15, 0.2) is 0 Å². The number of rotatable bonds is 4. The molecule has 0 bridgehead atoms. The van der Waals surface area contributed by atoms with E-state index in [1.54, 1.807) is 21.6 Å². The minimum absolute atomic E-state index is 0.0799. The summed E-state index contributed by atoms with van der Waals surface area (Å²) < 4.78 is 1.78. The number of hydrogen-bond acceptors (Lipinski definition) is 2. The number of nitrogens with one attached hydrogen (secondary N) is 1. The second-order valence-corrected chi connectivity index (χ2v) is 4.69. The van der Waals surface area contributed by atoms with Crippen molar-refractivity contribution >= 4 is 11.8 Å². The topological polar surface area (TPSA) is 54.3 Å². The number of carbonyl (C=O) groups excluding carboxylic acids is 2. The molecule has 19 heavy (non-hydrogen) atoms. The fourth-order valence-corrected chi connectivity index (χ4v) is 2.40. The van der Waals surface area contributed by atoms with Crippen LogP contribution < -0.4 is 5.32 Å². The van der Waals surface area contributed by atoms with Gasteiger partial charge < -0.3 is 14.8 Å². The molecule has 1 fully saturated rings. The predicted octanol–water partition coefficient (Wildman–Crippen LogP) is 0.932. The van der Waals surface area contributed by atoms with E-state index >= 15 is 0 Å². The van der Waals surface area contributed by atoms with Crippen LogP contribution in [0.25, 0.3) is 0 Å². The molecule has 1 aromatic heterocycles. The molecule has 1 aliphatic heterocycles. The van der Waals surface area contributed by atoms with E-state index in [0.29, 0.717) is 18.8 Å². The highest BCUT2D eigenvalue weighted by molar-refractivity contribution is 5.96. The molecular formula is C14H19N3O2. The van der Waals surface area contributed by atoms with E-state index in [9.17, 15) is 9.59 Å². The van der Waals surface area contributed by atoms with Crippen molar-refractivity contribution in [2.75, 3.05) is 13.1 Å². The van der Waals surface area contributed by atoms with Gasteiger partial charge in [0.1, 0.15) is 11.7 Å². The predicted molar refractivity (Wildman–Crippen MR) is 72.7 cm³/mol. The Balaban J connectivity index is 2.10. The second-order valence-electron chi connectivity index (χ2n) is 4.69. The lowest BCUT2D eigenvalue weighted by Gasteiger charge is -2.23. The molecular weight excluding hydrogens is 242 g/mol. The summed E-state index contributed by atoms with van der Waals surface area (Å²) in [6.45, 7) is 4.63. The SMILES string of the molecule is C=CCNC(=O)C1CCCN1C(=O)c1cccn1C. The molecule has 1 atom stereocenters. The lowest BCUT2D eigenvalue weighted by atomic mass is 10.2. The van der Waals surface area contributed by atoms with Crippen LogP contribution in [-0.2, 0) is 11.8 Å². The van der Waals surface area contributed by atoms with E-state index in [4.69, 9.17) is 0 Å². The maximum Gasteiger partial charge on any atom is 0.271 e. The summed E-state index contributed by atoms with van der Waals surface area (Å²) >= 11 is 0. The van der Waals surface area contributed by atoms with Crippen LogP contribution in [0.2, 0.25) is 0 Å². The number of aryl methyl sites for hydroxylation is 1. The molecule has 1 unspecified atom stereocenters. The lowest BCUT2D eigenvalue weighted by molar-refractivity contribution is -0.124. The Kier molecular flexibility index (Phi) is 4.04. The van der Waals surface area contributed by atoms with Gasteiger partial charge in [0.25, 0.3) is 5.91 Å². The van der Waals surface area contributed by atoms with Crippen molar-refractivity contribution in [2.45, 2.75) is 18.9 Å². The van der Waals surface area contributed by atoms with E-state index in [-0.39, 0.29) is 17.9 Å². The molecule has 2 amide bonds. The molecule has 1 aromatic rings. The number of hydrogen-bond donors (Lipinski definition) is 1. The molecule has 0 radical (unpaired) electrons. The van der Waals surface area contributed by atoms with E-state index in [1.165, 1.54) is 0 Å². The summed E-state index contributed by atoms with van der Waals surface area (Å²) in [6, 6.07) is 3.25. The van der Waals surface area contributed by atoms with Crippen LogP contribution in [-0.4, -0.2) is 40.4 Å². The Hall–Kier alpha value is -2.04. The highest BCUT2D eigenvalue weighted by atomic mass is 16.2. The summed E-state index contributed by atoms with van der Waals surface area (Å²) in [5.74, 6) is -0.177. The molecule has 0 saturated carbocycles. The van der Waals surface area contributed by atoms with Gasteiger partial charge in [-0.05, 0) is 25.0 Å². The summed E-state index contributed by atoms with van der Waals surface area (Å²) in [5.41, 5.74) is 0.614. The summed E-state index contributed by atoms with van der Waals surface area (Å²) in [6.07, 6.45) is 5.05. The van der Waals surface area contributed by atoms with Crippen LogP contribution in [0.5, 0.6) is 0 Å². The van der Waals surface area contributed by atoms with Gasteiger partial charge >= 0.3 is 0 Å². The van der Waals surface area contributed by atoms with Crippen LogP contribution in [0.1, 0.15) is 23.3 Å². The van der Waals surface area contributed by atoms with Crippen LogP contribution in [0.4, 0.5) is 0 Å². The molecule has 2 heterocycles. The summed E-state index contributed by atoms with van der Waals surface area (Å²) in [4.78, 5) is 26.1. The summed E-state index contributed by atoms with van der Waals surface area (Å²) in [7, 11) is 1.83. The average molecular weight is 261 g/mol. The minimum atomic E-state index is -0.359. The largest absolute Gasteiger partial charge is 0.351 e. The van der Waals surface area contributed by atoms with Crippen molar-refractivity contribution < 1.29 is 9.59 Å². The van der Waals surface area contributed by atoms with Gasteiger partial charge in [-0.25, -0.2) is 0 Å². The Bertz CT molecular complexity index is 493. The van der Waals surface area contributed by atoms with Crippen molar-refractivity contribution in [3.63, 3.8) is 0 Å². The number of carbonyl (C=O) groups is 2. The third-order valence-corrected chi connectivity index (χ3v) is 3.40. The molecule has 1 saturated heterocycles. The monoisotopic (exact) mass is 261 g/mol. The van der Waals surface area contributed by atoms with Gasteiger partial charge in [0.05, 0.1) is 0 Å². The van der Waals surface area contributed by atoms with Crippen LogP contribution >= 0.6 is 0 Å². The Morgan fingerprint density at radius 1 is 1.58 bits per heavy atom. The first-order chi connectivity index (χ1) is 9.15. The maximum absolute atomic E-state index is 12.4. The molecule has 0 aliphatic carbocycles. The molecule has 102 valence electrons. The summed E-state index contributed by atoms with van der Waals surface area (Å²) in [5, 5.41) is 2.76. The molecule has 0 aromatic carbocycles. The van der Waals surface area contributed by atoms with Gasteiger partial charge in [0.2, 0.25) is 5.91 Å². The molecule has 5 heteroatoms. The molecule has 2 rings (SSSR count). The van der Waals surface area contributed by atoms with E-state index < -0.39 is 0 Å². The zero-order valence-corrected chi connectivity index (χ0v) is 11.1. The van der Waals surface area contributed by atoms with Crippen molar-refractivity contribution in [1.82, 2.24) is 14.8 Å². The van der Waals surface area contributed by atoms with Gasteiger partial charge in [-0.2, -0.15) is 0 Å². The quantitative estimate of drug-likeness (QED) is 0.820. The Labute approximate surface area is 112 Å². The normalized spacial score (nSPS) is 18.4. The smallest absolute Gasteiger partial charge is 0.271 e. The first-order valence-corrected chi connectivity index (χ1v) is 6.46. The number of aromatic nitrogens is 1. The lowest BCUT2D eigenvalue weighted by Crippen LogP contribution is -2.46. The van der Waals surface area contributed by atoms with Crippen molar-refractivity contribution in [3.05, 3.63) is 36.7 Å². The second kappa shape index (κ2) is 5.73. The third kappa shape index (κ3) is 2.70. The van der Waals surface area contributed by atoms with E-state index in [0.717, 1.165) is 12.8 Å². The Morgan fingerprint density at radius 3 is 3.00 bits per heavy atom. The van der Waals surface area contributed by atoms with Crippen molar-refractivity contribution in [3.8, 4) is 0 Å². The fourth-order valence-electron chi connectivity index (χ4n) is 2.40. The molecule has 0 spiro atoms. The number of nitrogens with zero attached hydrogens (tertiary/aromatic N) is 2.